The van der Waals surface area contributed by atoms with E-state index in [4.69, 9.17) is 5.73 Å². The predicted octanol–water partition coefficient (Wildman–Crippen LogP) is 3.46. The van der Waals surface area contributed by atoms with Gasteiger partial charge in [0.05, 0.1) is 16.3 Å². The number of hydrogen-bond acceptors (Lipinski definition) is 3. The van der Waals surface area contributed by atoms with Gasteiger partial charge in [-0.3, -0.25) is 4.79 Å². The quantitative estimate of drug-likeness (QED) is 0.758. The van der Waals surface area contributed by atoms with Crippen LogP contribution in [0.25, 0.3) is 0 Å². The van der Waals surface area contributed by atoms with E-state index in [1.54, 1.807) is 0 Å². The molecule has 3 nitrogen and oxygen atoms in total. The first-order valence-corrected chi connectivity index (χ1v) is 8.54. The lowest BCUT2D eigenvalue weighted by molar-refractivity contribution is 0.0936. The van der Waals surface area contributed by atoms with E-state index >= 15 is 0 Å². The molecular formula is C17H26N2OS. The Bertz CT molecular complexity index is 511. The summed E-state index contributed by atoms with van der Waals surface area (Å²) in [6.45, 7) is 6.65. The van der Waals surface area contributed by atoms with Gasteiger partial charge in [-0.2, -0.15) is 0 Å². The highest BCUT2D eigenvalue weighted by Crippen LogP contribution is 2.21. The topological polar surface area (TPSA) is 55.1 Å². The van der Waals surface area contributed by atoms with Crippen LogP contribution in [0.15, 0.2) is 6.07 Å². The number of thiophene rings is 1. The fraction of sp³-hybridized carbons (Fsp3) is 0.588. The van der Waals surface area contributed by atoms with Crippen molar-refractivity contribution in [3.05, 3.63) is 21.4 Å². The fourth-order valence-corrected chi connectivity index (χ4v) is 3.14. The van der Waals surface area contributed by atoms with Crippen LogP contribution in [0.1, 0.15) is 66.1 Å². The molecule has 0 fully saturated rings. The molecule has 116 valence electrons. The third-order valence-electron chi connectivity index (χ3n) is 3.32. The first-order chi connectivity index (χ1) is 10.1. The highest BCUT2D eigenvalue weighted by atomic mass is 32.1. The molecule has 0 spiro atoms. The highest BCUT2D eigenvalue weighted by molar-refractivity contribution is 7.14. The maximum atomic E-state index is 12.4. The number of nitrogens with one attached hydrogen (secondary N) is 1. The van der Waals surface area contributed by atoms with E-state index in [-0.39, 0.29) is 11.9 Å². The van der Waals surface area contributed by atoms with Crippen molar-refractivity contribution in [2.45, 2.75) is 58.9 Å². The number of carbonyl (C=O) groups excluding carboxylic acids is 1. The van der Waals surface area contributed by atoms with Crippen molar-refractivity contribution in [1.82, 2.24) is 5.32 Å². The van der Waals surface area contributed by atoms with Gasteiger partial charge in [-0.1, -0.05) is 45.0 Å². The first-order valence-electron chi connectivity index (χ1n) is 7.72. The Morgan fingerprint density at radius 1 is 1.38 bits per heavy atom. The van der Waals surface area contributed by atoms with Gasteiger partial charge >= 0.3 is 0 Å². The van der Waals surface area contributed by atoms with Crippen LogP contribution in [0.2, 0.25) is 0 Å². The molecule has 1 aromatic heterocycles. The molecule has 0 aliphatic carbocycles. The van der Waals surface area contributed by atoms with Gasteiger partial charge in [-0.15, -0.1) is 11.3 Å². The van der Waals surface area contributed by atoms with E-state index in [2.05, 4.69) is 31.0 Å². The lowest BCUT2D eigenvalue weighted by Gasteiger charge is -2.17. The zero-order valence-electron chi connectivity index (χ0n) is 13.3. The number of nitrogens with two attached hydrogens (primary N) is 1. The van der Waals surface area contributed by atoms with Crippen LogP contribution in [-0.4, -0.2) is 18.5 Å². The SMILES string of the molecule is CCCCC(CCC)NC(=O)c1cc(C)c(C#CCN)s1. The molecule has 0 saturated carbocycles. The molecule has 1 rings (SSSR count). The summed E-state index contributed by atoms with van der Waals surface area (Å²) in [6, 6.07) is 2.20. The molecule has 0 saturated heterocycles. The number of aryl methyl sites for hydroxylation is 1. The van der Waals surface area contributed by atoms with Crippen LogP contribution in [0, 0.1) is 18.8 Å². The summed E-state index contributed by atoms with van der Waals surface area (Å²) in [5, 5.41) is 3.16. The summed E-state index contributed by atoms with van der Waals surface area (Å²) >= 11 is 1.45. The molecule has 1 unspecified atom stereocenters. The van der Waals surface area contributed by atoms with Gasteiger partial charge in [0.25, 0.3) is 5.91 Å². The third-order valence-corrected chi connectivity index (χ3v) is 4.48. The second kappa shape index (κ2) is 9.59. The fourth-order valence-electron chi connectivity index (χ4n) is 2.19. The van der Waals surface area contributed by atoms with Gasteiger partial charge in [0.1, 0.15) is 0 Å². The largest absolute Gasteiger partial charge is 0.349 e. The average molecular weight is 306 g/mol. The standard InChI is InChI=1S/C17H26N2OS/c1-4-6-9-14(8-5-2)19-17(20)16-12-13(3)15(21-16)10-7-11-18/h12,14H,4-6,8-9,11,18H2,1-3H3,(H,19,20). The Kier molecular flexibility index (Phi) is 8.11. The van der Waals surface area contributed by atoms with Crippen molar-refractivity contribution >= 4 is 17.2 Å². The molecule has 1 atom stereocenters. The average Bonchev–Trinajstić information content (AvgIpc) is 2.84. The molecule has 21 heavy (non-hydrogen) atoms. The zero-order chi connectivity index (χ0) is 15.7. The van der Waals surface area contributed by atoms with Gasteiger partial charge < -0.3 is 11.1 Å². The molecule has 0 bridgehead atoms. The molecule has 0 aliphatic heterocycles. The van der Waals surface area contributed by atoms with E-state index in [0.29, 0.717) is 6.54 Å². The summed E-state index contributed by atoms with van der Waals surface area (Å²) in [5.41, 5.74) is 6.44. The smallest absolute Gasteiger partial charge is 0.261 e. The first kappa shape index (κ1) is 17.7. The van der Waals surface area contributed by atoms with E-state index < -0.39 is 0 Å². The lowest BCUT2D eigenvalue weighted by atomic mass is 10.1. The Hall–Kier alpha value is -1.31. The highest BCUT2D eigenvalue weighted by Gasteiger charge is 2.15. The zero-order valence-corrected chi connectivity index (χ0v) is 14.1. The molecule has 0 radical (unpaired) electrons. The number of hydrogen-bond donors (Lipinski definition) is 2. The third kappa shape index (κ3) is 5.91. The van der Waals surface area contributed by atoms with Crippen molar-refractivity contribution < 1.29 is 4.79 Å². The maximum absolute atomic E-state index is 12.4. The van der Waals surface area contributed by atoms with E-state index in [9.17, 15) is 4.79 Å². The molecule has 0 aliphatic rings. The Balaban J connectivity index is 2.73. The minimum atomic E-state index is 0.0263. The number of unbranched alkanes of at least 4 members (excludes halogenated alkanes) is 1. The Morgan fingerprint density at radius 2 is 2.14 bits per heavy atom. The summed E-state index contributed by atoms with van der Waals surface area (Å²) in [4.78, 5) is 14.0. The molecule has 1 aromatic rings. The monoisotopic (exact) mass is 306 g/mol. The van der Waals surface area contributed by atoms with Crippen molar-refractivity contribution in [2.75, 3.05) is 6.54 Å². The van der Waals surface area contributed by atoms with Crippen molar-refractivity contribution in [3.8, 4) is 11.8 Å². The van der Waals surface area contributed by atoms with E-state index in [1.807, 2.05) is 13.0 Å². The normalized spacial score (nSPS) is 11.6. The van der Waals surface area contributed by atoms with Gasteiger partial charge in [0.15, 0.2) is 0 Å². The number of amides is 1. The minimum absolute atomic E-state index is 0.0263. The van der Waals surface area contributed by atoms with E-state index in [1.165, 1.54) is 11.3 Å². The number of carbonyl (C=O) groups is 1. The Morgan fingerprint density at radius 3 is 2.76 bits per heavy atom. The second-order valence-corrected chi connectivity index (χ2v) is 6.28. The molecule has 3 N–H and O–H groups in total. The van der Waals surface area contributed by atoms with Gasteiger partial charge in [-0.25, -0.2) is 0 Å². The summed E-state index contributed by atoms with van der Waals surface area (Å²) in [5.74, 6) is 5.89. The van der Waals surface area contributed by atoms with Crippen molar-refractivity contribution in [3.63, 3.8) is 0 Å². The van der Waals surface area contributed by atoms with Gasteiger partial charge in [0.2, 0.25) is 0 Å². The minimum Gasteiger partial charge on any atom is -0.349 e. The van der Waals surface area contributed by atoms with Crippen LogP contribution in [0.4, 0.5) is 0 Å². The Labute approximate surface area is 132 Å². The summed E-state index contributed by atoms with van der Waals surface area (Å²) < 4.78 is 0. The van der Waals surface area contributed by atoms with Gasteiger partial charge in [0, 0.05) is 6.04 Å². The predicted molar refractivity (Wildman–Crippen MR) is 90.7 cm³/mol. The van der Waals surface area contributed by atoms with Crippen LogP contribution in [0.3, 0.4) is 0 Å². The summed E-state index contributed by atoms with van der Waals surface area (Å²) in [6.07, 6.45) is 5.50. The van der Waals surface area contributed by atoms with Crippen molar-refractivity contribution in [1.29, 1.82) is 0 Å². The molecule has 0 aromatic carbocycles. The van der Waals surface area contributed by atoms with E-state index in [0.717, 1.165) is 47.4 Å². The molecule has 4 heteroatoms. The van der Waals surface area contributed by atoms with Crippen LogP contribution in [-0.2, 0) is 0 Å². The summed E-state index contributed by atoms with van der Waals surface area (Å²) in [7, 11) is 0. The van der Waals surface area contributed by atoms with Crippen molar-refractivity contribution in [2.24, 2.45) is 5.73 Å². The van der Waals surface area contributed by atoms with Gasteiger partial charge in [-0.05, 0) is 31.4 Å². The number of rotatable bonds is 7. The van der Waals surface area contributed by atoms with Crippen LogP contribution >= 0.6 is 11.3 Å². The maximum Gasteiger partial charge on any atom is 0.261 e. The lowest BCUT2D eigenvalue weighted by Crippen LogP contribution is -2.34. The second-order valence-electron chi connectivity index (χ2n) is 5.23. The van der Waals surface area contributed by atoms with Crippen LogP contribution < -0.4 is 11.1 Å². The molecule has 1 heterocycles. The molecule has 1 amide bonds. The van der Waals surface area contributed by atoms with Crippen LogP contribution in [0.5, 0.6) is 0 Å². The molecular weight excluding hydrogens is 280 g/mol.